The monoisotopic (exact) mass is 336 g/mol. The molecule has 1 saturated carbocycles. The molecule has 2 N–H and O–H groups in total. The highest BCUT2D eigenvalue weighted by molar-refractivity contribution is 6.01. The molecular formula is C20H24N4O. The highest BCUT2D eigenvalue weighted by atomic mass is 16.1. The van der Waals surface area contributed by atoms with Gasteiger partial charge in [0, 0.05) is 41.8 Å². The van der Waals surface area contributed by atoms with Gasteiger partial charge in [-0.2, -0.15) is 5.10 Å². The first kappa shape index (κ1) is 15.9. The third-order valence-electron chi connectivity index (χ3n) is 5.37. The van der Waals surface area contributed by atoms with Crippen molar-refractivity contribution in [2.45, 2.75) is 40.2 Å². The molecule has 2 aromatic heterocycles. The summed E-state index contributed by atoms with van der Waals surface area (Å²) in [4.78, 5) is 16.1. The lowest BCUT2D eigenvalue weighted by Crippen LogP contribution is -2.33. The van der Waals surface area contributed by atoms with Crippen LogP contribution in [0, 0.1) is 26.2 Å². The van der Waals surface area contributed by atoms with Gasteiger partial charge in [0.25, 0.3) is 5.91 Å². The lowest BCUT2D eigenvalue weighted by molar-refractivity contribution is 0.0937. The van der Waals surface area contributed by atoms with Crippen molar-refractivity contribution in [3.63, 3.8) is 0 Å². The molecule has 0 unspecified atom stereocenters. The Balaban J connectivity index is 1.51. The molecule has 0 spiro atoms. The zero-order valence-electron chi connectivity index (χ0n) is 15.0. The Bertz CT molecular complexity index is 932. The Morgan fingerprint density at radius 1 is 1.32 bits per heavy atom. The second-order valence-corrected chi connectivity index (χ2v) is 7.52. The van der Waals surface area contributed by atoms with Crippen molar-refractivity contribution in [3.05, 3.63) is 53.0 Å². The molecular weight excluding hydrogens is 312 g/mol. The van der Waals surface area contributed by atoms with Gasteiger partial charge in [-0.15, -0.1) is 0 Å². The van der Waals surface area contributed by atoms with E-state index in [1.165, 1.54) is 11.1 Å². The maximum atomic E-state index is 12.7. The van der Waals surface area contributed by atoms with Crippen LogP contribution in [0.2, 0.25) is 0 Å². The number of aromatic amines is 1. The molecule has 0 saturated heterocycles. The number of carbonyl (C=O) groups is 1. The molecule has 2 heterocycles. The number of carbonyl (C=O) groups excluding carboxylic acids is 1. The molecule has 25 heavy (non-hydrogen) atoms. The fourth-order valence-electron chi connectivity index (χ4n) is 3.67. The molecule has 4 rings (SSSR count). The molecule has 0 bridgehead atoms. The molecule has 5 heteroatoms. The average Bonchev–Trinajstić information content (AvgIpc) is 2.98. The molecule has 1 aliphatic carbocycles. The summed E-state index contributed by atoms with van der Waals surface area (Å²) in [5.74, 6) is -0.0162. The van der Waals surface area contributed by atoms with Gasteiger partial charge in [-0.25, -0.2) is 0 Å². The molecule has 1 fully saturated rings. The number of nitrogens with one attached hydrogen (secondary N) is 2. The summed E-state index contributed by atoms with van der Waals surface area (Å²) < 4.78 is 1.96. The molecule has 1 aromatic carbocycles. The number of hydrogen-bond donors (Lipinski definition) is 2. The standard InChI is InChI=1S/C20H24N4O/c1-13-9-14(2)17-16(10-13)15(3)18(23-17)19(25)21-11-20(5-6-20)12-24-8-4-7-22-24/h4,7-10,23H,5-6,11-12H2,1-3H3,(H,21,25). The topological polar surface area (TPSA) is 62.7 Å². The van der Waals surface area contributed by atoms with Gasteiger partial charge in [-0.3, -0.25) is 9.48 Å². The Morgan fingerprint density at radius 2 is 2.12 bits per heavy atom. The Hall–Kier alpha value is -2.56. The third kappa shape index (κ3) is 2.95. The number of aromatic nitrogens is 3. The third-order valence-corrected chi connectivity index (χ3v) is 5.37. The predicted octanol–water partition coefficient (Wildman–Crippen LogP) is 3.50. The van der Waals surface area contributed by atoms with Gasteiger partial charge >= 0.3 is 0 Å². The largest absolute Gasteiger partial charge is 0.350 e. The molecule has 1 aliphatic rings. The van der Waals surface area contributed by atoms with E-state index in [-0.39, 0.29) is 11.3 Å². The van der Waals surface area contributed by atoms with Crippen LogP contribution in [0.5, 0.6) is 0 Å². The zero-order chi connectivity index (χ0) is 17.6. The van der Waals surface area contributed by atoms with Crippen LogP contribution < -0.4 is 5.32 Å². The summed E-state index contributed by atoms with van der Waals surface area (Å²) in [5, 5.41) is 8.56. The highest BCUT2D eigenvalue weighted by Crippen LogP contribution is 2.46. The first-order valence-electron chi connectivity index (χ1n) is 8.83. The summed E-state index contributed by atoms with van der Waals surface area (Å²) in [7, 11) is 0. The number of nitrogens with zero attached hydrogens (tertiary/aromatic N) is 2. The summed E-state index contributed by atoms with van der Waals surface area (Å²) in [6.07, 6.45) is 6.05. The van der Waals surface area contributed by atoms with E-state index < -0.39 is 0 Å². The quantitative estimate of drug-likeness (QED) is 0.749. The van der Waals surface area contributed by atoms with Crippen LogP contribution in [-0.2, 0) is 6.54 Å². The molecule has 0 atom stereocenters. The fourth-order valence-corrected chi connectivity index (χ4v) is 3.67. The zero-order valence-corrected chi connectivity index (χ0v) is 15.0. The van der Waals surface area contributed by atoms with Gasteiger partial charge in [-0.1, -0.05) is 11.6 Å². The van der Waals surface area contributed by atoms with Gasteiger partial charge in [0.05, 0.1) is 0 Å². The minimum Gasteiger partial charge on any atom is -0.350 e. The molecule has 0 aliphatic heterocycles. The van der Waals surface area contributed by atoms with Crippen molar-refractivity contribution >= 4 is 16.8 Å². The second-order valence-electron chi connectivity index (χ2n) is 7.52. The minimum atomic E-state index is -0.0162. The summed E-state index contributed by atoms with van der Waals surface area (Å²) in [6, 6.07) is 6.22. The van der Waals surface area contributed by atoms with Crippen LogP contribution in [0.3, 0.4) is 0 Å². The number of rotatable bonds is 5. The van der Waals surface area contributed by atoms with Crippen molar-refractivity contribution in [3.8, 4) is 0 Å². The smallest absolute Gasteiger partial charge is 0.268 e. The van der Waals surface area contributed by atoms with Gasteiger partial charge in [0.2, 0.25) is 0 Å². The van der Waals surface area contributed by atoms with Crippen LogP contribution in [0.1, 0.15) is 40.0 Å². The number of hydrogen-bond acceptors (Lipinski definition) is 2. The average molecular weight is 336 g/mol. The number of H-pyrrole nitrogens is 1. The number of benzene rings is 1. The van der Waals surface area contributed by atoms with E-state index in [4.69, 9.17) is 0 Å². The summed E-state index contributed by atoms with van der Waals surface area (Å²) in [6.45, 7) is 7.74. The number of aryl methyl sites for hydroxylation is 3. The Morgan fingerprint density at radius 3 is 2.80 bits per heavy atom. The molecule has 5 nitrogen and oxygen atoms in total. The van der Waals surface area contributed by atoms with Crippen molar-refractivity contribution in [2.24, 2.45) is 5.41 Å². The molecule has 1 amide bonds. The lowest BCUT2D eigenvalue weighted by Gasteiger charge is -2.16. The highest BCUT2D eigenvalue weighted by Gasteiger charge is 2.43. The number of amides is 1. The SMILES string of the molecule is Cc1cc(C)c2[nH]c(C(=O)NCC3(Cn4cccn4)CC3)c(C)c2c1. The van der Waals surface area contributed by atoms with E-state index in [2.05, 4.69) is 41.4 Å². The van der Waals surface area contributed by atoms with Crippen LogP contribution in [0.15, 0.2) is 30.6 Å². The first-order valence-corrected chi connectivity index (χ1v) is 8.83. The van der Waals surface area contributed by atoms with Gasteiger partial charge in [0.15, 0.2) is 0 Å². The van der Waals surface area contributed by atoms with Gasteiger partial charge in [0.1, 0.15) is 5.69 Å². The number of fused-ring (bicyclic) bond motifs is 1. The summed E-state index contributed by atoms with van der Waals surface area (Å²) >= 11 is 0. The van der Waals surface area contributed by atoms with E-state index in [9.17, 15) is 4.79 Å². The van der Waals surface area contributed by atoms with Gasteiger partial charge < -0.3 is 10.3 Å². The van der Waals surface area contributed by atoms with Crippen molar-refractivity contribution in [1.82, 2.24) is 20.1 Å². The maximum Gasteiger partial charge on any atom is 0.268 e. The predicted molar refractivity (Wildman–Crippen MR) is 98.7 cm³/mol. The Kier molecular flexibility index (Phi) is 3.67. The second kappa shape index (κ2) is 5.76. The van der Waals surface area contributed by atoms with E-state index in [0.29, 0.717) is 12.2 Å². The molecule has 3 aromatic rings. The normalized spacial score (nSPS) is 15.5. The van der Waals surface area contributed by atoms with Crippen molar-refractivity contribution in [2.75, 3.05) is 6.54 Å². The summed E-state index contributed by atoms with van der Waals surface area (Å²) in [5.41, 5.74) is 5.32. The molecule has 0 radical (unpaired) electrons. The van der Waals surface area contributed by atoms with Crippen molar-refractivity contribution in [1.29, 1.82) is 0 Å². The fraction of sp³-hybridized carbons (Fsp3) is 0.400. The molecule has 130 valence electrons. The van der Waals surface area contributed by atoms with E-state index >= 15 is 0 Å². The van der Waals surface area contributed by atoms with Gasteiger partial charge in [-0.05, 0) is 56.9 Å². The van der Waals surface area contributed by atoms with E-state index in [0.717, 1.165) is 35.9 Å². The maximum absolute atomic E-state index is 12.7. The minimum absolute atomic E-state index is 0.0162. The van der Waals surface area contributed by atoms with Crippen LogP contribution in [0.4, 0.5) is 0 Å². The van der Waals surface area contributed by atoms with Crippen LogP contribution in [0.25, 0.3) is 10.9 Å². The van der Waals surface area contributed by atoms with Crippen LogP contribution >= 0.6 is 0 Å². The first-order chi connectivity index (χ1) is 12.0. The van der Waals surface area contributed by atoms with E-state index in [1.54, 1.807) is 6.20 Å². The lowest BCUT2D eigenvalue weighted by atomic mass is 10.1. The van der Waals surface area contributed by atoms with E-state index in [1.807, 2.05) is 23.9 Å². The Labute approximate surface area is 147 Å². The van der Waals surface area contributed by atoms with Crippen LogP contribution in [-0.4, -0.2) is 27.2 Å². The van der Waals surface area contributed by atoms with Crippen molar-refractivity contribution < 1.29 is 4.79 Å².